The summed E-state index contributed by atoms with van der Waals surface area (Å²) in [5.41, 5.74) is 1.05. The Hall–Kier alpha value is -1.55. The molecule has 5 heteroatoms. The Labute approximate surface area is 135 Å². The minimum atomic E-state index is -0.750. The maximum absolute atomic E-state index is 12.6. The Morgan fingerprint density at radius 2 is 2.00 bits per heavy atom. The van der Waals surface area contributed by atoms with Crippen LogP contribution in [0.25, 0.3) is 0 Å². The minimum Gasteiger partial charge on any atom is -0.481 e. The molecule has 0 spiro atoms. The van der Waals surface area contributed by atoms with Gasteiger partial charge in [0.25, 0.3) is 0 Å². The Kier molecular flexibility index (Phi) is 4.13. The summed E-state index contributed by atoms with van der Waals surface area (Å²) in [7, 11) is 0. The lowest BCUT2D eigenvalue weighted by Gasteiger charge is -2.35. The van der Waals surface area contributed by atoms with Crippen molar-refractivity contribution in [3.63, 3.8) is 0 Å². The molecule has 118 valence electrons. The van der Waals surface area contributed by atoms with Gasteiger partial charge in [-0.05, 0) is 36.3 Å². The predicted octanol–water partition coefficient (Wildman–Crippen LogP) is 3.01. The summed E-state index contributed by atoms with van der Waals surface area (Å²) >= 11 is 6.20. The first-order valence-corrected chi connectivity index (χ1v) is 8.13. The number of nitrogens with zero attached hydrogens (tertiary/aromatic N) is 1. The van der Waals surface area contributed by atoms with Crippen LogP contribution in [-0.2, 0) is 9.59 Å². The first-order chi connectivity index (χ1) is 10.5. The van der Waals surface area contributed by atoms with Gasteiger partial charge in [-0.15, -0.1) is 0 Å². The van der Waals surface area contributed by atoms with Crippen LogP contribution in [0.1, 0.15) is 31.2 Å². The number of carbonyl (C=O) groups excluding carboxylic acids is 1. The largest absolute Gasteiger partial charge is 0.481 e. The zero-order chi connectivity index (χ0) is 15.9. The monoisotopic (exact) mass is 321 g/mol. The molecule has 22 heavy (non-hydrogen) atoms. The molecule has 0 bridgehead atoms. The molecule has 0 radical (unpaired) electrons. The highest BCUT2D eigenvalue weighted by Gasteiger charge is 2.47. The Balaban J connectivity index is 1.63. The number of likely N-dealkylation sites (tertiary alicyclic amines) is 1. The van der Waals surface area contributed by atoms with Gasteiger partial charge in [0.15, 0.2) is 0 Å². The van der Waals surface area contributed by atoms with Crippen molar-refractivity contribution in [1.29, 1.82) is 0 Å². The molecule has 1 aliphatic carbocycles. The molecule has 3 rings (SSSR count). The lowest BCUT2D eigenvalue weighted by molar-refractivity contribution is -0.148. The van der Waals surface area contributed by atoms with Gasteiger partial charge in [-0.25, -0.2) is 0 Å². The number of benzene rings is 1. The van der Waals surface area contributed by atoms with E-state index in [1.54, 1.807) is 0 Å². The molecule has 1 N–H and O–H groups in total. The number of hydrogen-bond acceptors (Lipinski definition) is 2. The third-order valence-electron chi connectivity index (χ3n) is 4.95. The third kappa shape index (κ3) is 2.84. The number of piperidine rings is 1. The van der Waals surface area contributed by atoms with Crippen LogP contribution in [-0.4, -0.2) is 35.0 Å². The highest BCUT2D eigenvalue weighted by molar-refractivity contribution is 6.31. The van der Waals surface area contributed by atoms with Crippen LogP contribution < -0.4 is 0 Å². The summed E-state index contributed by atoms with van der Waals surface area (Å²) in [5.74, 6) is -0.696. The molecule has 1 aromatic rings. The molecule has 2 aliphatic rings. The maximum Gasteiger partial charge on any atom is 0.306 e. The zero-order valence-corrected chi connectivity index (χ0v) is 13.3. The van der Waals surface area contributed by atoms with Crippen LogP contribution in [0.5, 0.6) is 0 Å². The number of carboxylic acid groups (broad SMARTS) is 1. The van der Waals surface area contributed by atoms with E-state index in [2.05, 4.69) is 0 Å². The number of rotatable bonds is 3. The van der Waals surface area contributed by atoms with E-state index in [1.165, 1.54) is 0 Å². The van der Waals surface area contributed by atoms with Gasteiger partial charge >= 0.3 is 5.97 Å². The molecule has 1 heterocycles. The molecule has 1 aromatic carbocycles. The number of aliphatic carboxylic acids is 1. The maximum atomic E-state index is 12.6. The Bertz CT molecular complexity index is 603. The van der Waals surface area contributed by atoms with E-state index in [4.69, 9.17) is 16.7 Å². The van der Waals surface area contributed by atoms with Crippen molar-refractivity contribution in [2.45, 2.75) is 25.7 Å². The lowest BCUT2D eigenvalue weighted by Crippen LogP contribution is -2.45. The number of carbonyl (C=O) groups is 2. The summed E-state index contributed by atoms with van der Waals surface area (Å²) in [4.78, 5) is 25.6. The van der Waals surface area contributed by atoms with E-state index in [9.17, 15) is 9.59 Å². The topological polar surface area (TPSA) is 57.6 Å². The molecule has 1 saturated carbocycles. The fourth-order valence-electron chi connectivity index (χ4n) is 3.53. The molecule has 4 nitrogen and oxygen atoms in total. The van der Waals surface area contributed by atoms with Crippen molar-refractivity contribution in [3.05, 3.63) is 34.9 Å². The van der Waals surface area contributed by atoms with Crippen LogP contribution in [0.15, 0.2) is 24.3 Å². The molecule has 1 saturated heterocycles. The van der Waals surface area contributed by atoms with Gasteiger partial charge in [0.2, 0.25) is 5.91 Å². The van der Waals surface area contributed by atoms with Crippen LogP contribution in [0.4, 0.5) is 0 Å². The predicted molar refractivity (Wildman–Crippen MR) is 83.8 cm³/mol. The standard InChI is InChI=1S/C17H20ClNO3/c1-10-9-19(7-6-11(10)17(21)22)16(20)14-8-13(14)12-4-2-3-5-15(12)18/h2-5,10-11,13-14H,6-9H2,1H3,(H,21,22). The van der Waals surface area contributed by atoms with Crippen molar-refractivity contribution >= 4 is 23.5 Å². The highest BCUT2D eigenvalue weighted by atomic mass is 35.5. The van der Waals surface area contributed by atoms with Gasteiger partial charge in [-0.1, -0.05) is 36.7 Å². The van der Waals surface area contributed by atoms with Crippen molar-refractivity contribution in [2.75, 3.05) is 13.1 Å². The second kappa shape index (κ2) is 5.92. The van der Waals surface area contributed by atoms with E-state index >= 15 is 0 Å². The Morgan fingerprint density at radius 1 is 1.27 bits per heavy atom. The van der Waals surface area contributed by atoms with E-state index in [-0.39, 0.29) is 29.6 Å². The van der Waals surface area contributed by atoms with Gasteiger partial charge < -0.3 is 10.0 Å². The normalized spacial score (nSPS) is 30.9. The average molecular weight is 322 g/mol. The molecular formula is C17H20ClNO3. The van der Waals surface area contributed by atoms with Gasteiger partial charge in [0.05, 0.1) is 5.92 Å². The van der Waals surface area contributed by atoms with E-state index in [0.717, 1.165) is 17.0 Å². The molecule has 2 fully saturated rings. The summed E-state index contributed by atoms with van der Waals surface area (Å²) in [5, 5.41) is 9.88. The smallest absolute Gasteiger partial charge is 0.306 e. The first-order valence-electron chi connectivity index (χ1n) is 7.75. The van der Waals surface area contributed by atoms with Crippen molar-refractivity contribution < 1.29 is 14.7 Å². The molecule has 4 atom stereocenters. The fraction of sp³-hybridized carbons (Fsp3) is 0.529. The van der Waals surface area contributed by atoms with Crippen LogP contribution in [0, 0.1) is 17.8 Å². The summed E-state index contributed by atoms with van der Waals surface area (Å²) in [6.07, 6.45) is 1.39. The van der Waals surface area contributed by atoms with Crippen LogP contribution in [0.3, 0.4) is 0 Å². The molecular weight excluding hydrogens is 302 g/mol. The second-order valence-corrected chi connectivity index (χ2v) is 6.87. The van der Waals surface area contributed by atoms with E-state index in [0.29, 0.717) is 19.5 Å². The summed E-state index contributed by atoms with van der Waals surface area (Å²) in [6, 6.07) is 7.68. The quantitative estimate of drug-likeness (QED) is 0.931. The van der Waals surface area contributed by atoms with Gasteiger partial charge in [0, 0.05) is 24.0 Å². The average Bonchev–Trinajstić information content (AvgIpc) is 3.26. The first kappa shape index (κ1) is 15.3. The number of halogens is 1. The molecule has 4 unspecified atom stereocenters. The Morgan fingerprint density at radius 3 is 2.64 bits per heavy atom. The van der Waals surface area contributed by atoms with E-state index < -0.39 is 5.97 Å². The van der Waals surface area contributed by atoms with Gasteiger partial charge in [-0.3, -0.25) is 9.59 Å². The lowest BCUT2D eigenvalue weighted by atomic mass is 9.87. The highest BCUT2D eigenvalue weighted by Crippen LogP contribution is 2.50. The van der Waals surface area contributed by atoms with E-state index in [1.807, 2.05) is 36.1 Å². The third-order valence-corrected chi connectivity index (χ3v) is 5.29. The molecule has 1 amide bonds. The number of carboxylic acids is 1. The second-order valence-electron chi connectivity index (χ2n) is 6.47. The van der Waals surface area contributed by atoms with Crippen molar-refractivity contribution in [2.24, 2.45) is 17.8 Å². The van der Waals surface area contributed by atoms with Crippen LogP contribution >= 0.6 is 11.6 Å². The molecule has 1 aliphatic heterocycles. The van der Waals surface area contributed by atoms with Gasteiger partial charge in [0.1, 0.15) is 0 Å². The fourth-order valence-corrected chi connectivity index (χ4v) is 3.81. The van der Waals surface area contributed by atoms with Crippen molar-refractivity contribution in [1.82, 2.24) is 4.90 Å². The van der Waals surface area contributed by atoms with Crippen LogP contribution in [0.2, 0.25) is 5.02 Å². The van der Waals surface area contributed by atoms with Crippen molar-refractivity contribution in [3.8, 4) is 0 Å². The zero-order valence-electron chi connectivity index (χ0n) is 12.5. The number of hydrogen-bond donors (Lipinski definition) is 1. The SMILES string of the molecule is CC1CN(C(=O)C2CC2c2ccccc2Cl)CCC1C(=O)O. The minimum absolute atomic E-state index is 0.00714. The summed E-state index contributed by atoms with van der Waals surface area (Å²) in [6.45, 7) is 3.00. The summed E-state index contributed by atoms with van der Waals surface area (Å²) < 4.78 is 0. The number of amides is 1. The van der Waals surface area contributed by atoms with Gasteiger partial charge in [-0.2, -0.15) is 0 Å². The molecule has 0 aromatic heterocycles.